The van der Waals surface area contributed by atoms with Crippen molar-refractivity contribution in [3.05, 3.63) is 20.6 Å². The Bertz CT molecular complexity index is 619. The molecule has 0 amide bonds. The van der Waals surface area contributed by atoms with Crippen LogP contribution in [0.15, 0.2) is 5.11 Å². The molecule has 14 nitrogen and oxygen atoms in total. The van der Waals surface area contributed by atoms with Gasteiger partial charge in [0, 0.05) is 25.7 Å². The van der Waals surface area contributed by atoms with Gasteiger partial charge in [0.1, 0.15) is 18.8 Å². The molecule has 26 heavy (non-hydrogen) atoms. The minimum atomic E-state index is -1.79. The molecule has 0 aromatic carbocycles. The van der Waals surface area contributed by atoms with Crippen molar-refractivity contribution in [2.45, 2.75) is 51.4 Å². The predicted octanol–water partition coefficient (Wildman–Crippen LogP) is 0.0250. The molecule has 0 aromatic heterocycles. The first-order valence-corrected chi connectivity index (χ1v) is 7.14. The van der Waals surface area contributed by atoms with Crippen molar-refractivity contribution in [2.75, 3.05) is 6.61 Å². The number of nitrogens with zero attached hydrogens (tertiary/aromatic N) is 4. The van der Waals surface area contributed by atoms with Crippen molar-refractivity contribution in [3.8, 4) is 0 Å². The third-order valence-electron chi connectivity index (χ3n) is 3.04. The first-order valence-electron chi connectivity index (χ1n) is 7.14. The normalized spacial score (nSPS) is 27.4. The summed E-state index contributed by atoms with van der Waals surface area (Å²) in [5.74, 6) is -2.36. The number of carbonyl (C=O) groups excluding carboxylic acids is 3. The Balaban J connectivity index is 3.28. The molecule has 1 aliphatic rings. The number of carbonyl (C=O) groups is 3. The zero-order valence-corrected chi connectivity index (χ0v) is 14.0. The highest BCUT2D eigenvalue weighted by molar-refractivity contribution is 5.68. The van der Waals surface area contributed by atoms with Crippen LogP contribution in [0.1, 0.15) is 20.8 Å². The monoisotopic (exact) mass is 376 g/mol. The fourth-order valence-corrected chi connectivity index (χ4v) is 2.24. The van der Waals surface area contributed by atoms with Gasteiger partial charge in [0.05, 0.1) is 0 Å². The number of esters is 3. The van der Waals surface area contributed by atoms with E-state index in [0.29, 0.717) is 0 Å². The van der Waals surface area contributed by atoms with E-state index in [1.165, 1.54) is 0 Å². The van der Waals surface area contributed by atoms with Crippen molar-refractivity contribution in [1.82, 2.24) is 0 Å². The fourth-order valence-electron chi connectivity index (χ4n) is 2.24. The molecule has 0 bridgehead atoms. The fraction of sp³-hybridized carbons (Fsp3) is 0.750. The van der Waals surface area contributed by atoms with Crippen LogP contribution < -0.4 is 0 Å². The molecule has 0 spiro atoms. The zero-order valence-electron chi connectivity index (χ0n) is 14.0. The van der Waals surface area contributed by atoms with E-state index in [1.807, 2.05) is 0 Å². The van der Waals surface area contributed by atoms with Crippen molar-refractivity contribution in [3.63, 3.8) is 0 Å². The second-order valence-corrected chi connectivity index (χ2v) is 5.02. The van der Waals surface area contributed by atoms with Gasteiger partial charge < -0.3 is 18.9 Å². The summed E-state index contributed by atoms with van der Waals surface area (Å²) < 4.78 is 20.1. The maximum atomic E-state index is 11.4. The average Bonchev–Trinajstić information content (AvgIpc) is 2.49. The Morgan fingerprint density at radius 1 is 1.15 bits per heavy atom. The number of hydrogen-bond acceptors (Lipinski definition) is 11. The van der Waals surface area contributed by atoms with Crippen molar-refractivity contribution < 1.29 is 43.3 Å². The zero-order chi connectivity index (χ0) is 19.9. The summed E-state index contributed by atoms with van der Waals surface area (Å²) in [7, 11) is 0. The van der Waals surface area contributed by atoms with Gasteiger partial charge in [-0.1, -0.05) is 5.11 Å². The van der Waals surface area contributed by atoms with Gasteiger partial charge in [0.2, 0.25) is 6.29 Å². The maximum absolute atomic E-state index is 11.4. The quantitative estimate of drug-likeness (QED) is 0.111. The third-order valence-corrected chi connectivity index (χ3v) is 3.04. The third kappa shape index (κ3) is 6.07. The van der Waals surface area contributed by atoms with Crippen molar-refractivity contribution in [1.29, 1.82) is 0 Å². The molecule has 2 unspecified atom stereocenters. The summed E-state index contributed by atoms with van der Waals surface area (Å²) >= 11 is 0. The lowest BCUT2D eigenvalue weighted by Gasteiger charge is -2.42. The van der Waals surface area contributed by atoms with Crippen LogP contribution in [0.25, 0.3) is 10.4 Å². The number of ether oxygens (including phenoxy) is 4. The van der Waals surface area contributed by atoms with Crippen LogP contribution in [0.3, 0.4) is 0 Å². The maximum Gasteiger partial charge on any atom is 0.303 e. The standard InChI is InChI=1S/C12H16N4O10/c1-5(17)22-4-8-10(23-6(2)18)11(24-7(3)19)9(14-15-13)12(25-8)26-16(20)21/h8-12H,4H2,1-3H3/t8?,9?,10-,11-,12+/m1/s1. The van der Waals surface area contributed by atoms with Crippen LogP contribution in [0.2, 0.25) is 0 Å². The molecule has 144 valence electrons. The smallest absolute Gasteiger partial charge is 0.303 e. The summed E-state index contributed by atoms with van der Waals surface area (Å²) in [6.07, 6.45) is -5.94. The average molecular weight is 376 g/mol. The number of hydrogen-bond donors (Lipinski definition) is 0. The van der Waals surface area contributed by atoms with Gasteiger partial charge in [0.25, 0.3) is 5.09 Å². The molecule has 0 aliphatic carbocycles. The highest BCUT2D eigenvalue weighted by atomic mass is 17.0. The second kappa shape index (κ2) is 9.39. The van der Waals surface area contributed by atoms with Gasteiger partial charge >= 0.3 is 17.9 Å². The Morgan fingerprint density at radius 2 is 1.73 bits per heavy atom. The van der Waals surface area contributed by atoms with Gasteiger partial charge in [-0.15, -0.1) is 10.1 Å². The van der Waals surface area contributed by atoms with E-state index in [0.717, 1.165) is 20.8 Å². The summed E-state index contributed by atoms with van der Waals surface area (Å²) in [5.41, 5.74) is 8.69. The van der Waals surface area contributed by atoms with E-state index < -0.39 is 60.2 Å². The van der Waals surface area contributed by atoms with Gasteiger partial charge in [-0.25, -0.2) is 0 Å². The van der Waals surface area contributed by atoms with E-state index >= 15 is 0 Å². The van der Waals surface area contributed by atoms with Gasteiger partial charge in [0.15, 0.2) is 12.2 Å². The molecular formula is C12H16N4O10. The van der Waals surface area contributed by atoms with Crippen LogP contribution in [0.5, 0.6) is 0 Å². The number of azide groups is 1. The predicted molar refractivity (Wildman–Crippen MR) is 77.4 cm³/mol. The molecule has 0 radical (unpaired) electrons. The molecule has 5 atom stereocenters. The summed E-state index contributed by atoms with van der Waals surface area (Å²) in [5, 5.41) is 12.8. The molecule has 14 heteroatoms. The topological polar surface area (TPSA) is 189 Å². The van der Waals surface area contributed by atoms with Gasteiger partial charge in [-0.05, 0) is 5.53 Å². The molecule has 0 aromatic rings. The highest BCUT2D eigenvalue weighted by Crippen LogP contribution is 2.29. The van der Waals surface area contributed by atoms with Gasteiger partial charge in [-0.3, -0.25) is 19.2 Å². The molecule has 0 saturated carbocycles. The summed E-state index contributed by atoms with van der Waals surface area (Å²) in [6, 6.07) is -1.55. The van der Waals surface area contributed by atoms with Gasteiger partial charge in [-0.2, -0.15) is 0 Å². The SMILES string of the molecule is CC(=O)OCC1O[C@@H](O[N+](=O)[O-])C(N=[N+]=[N-])[C@@H](OC(C)=O)[C@@H]1OC(C)=O. The lowest BCUT2D eigenvalue weighted by atomic mass is 9.97. The minimum absolute atomic E-state index is 0.494. The van der Waals surface area contributed by atoms with E-state index in [2.05, 4.69) is 14.9 Å². The second-order valence-electron chi connectivity index (χ2n) is 5.02. The van der Waals surface area contributed by atoms with E-state index in [4.69, 9.17) is 24.5 Å². The highest BCUT2D eigenvalue weighted by Gasteiger charge is 2.51. The molecule has 1 aliphatic heterocycles. The first-order chi connectivity index (χ1) is 12.1. The lowest BCUT2D eigenvalue weighted by molar-refractivity contribution is -0.783. The van der Waals surface area contributed by atoms with Crippen molar-refractivity contribution in [2.24, 2.45) is 5.11 Å². The Kier molecular flexibility index (Phi) is 7.55. The van der Waals surface area contributed by atoms with Crippen LogP contribution in [-0.2, 0) is 38.2 Å². The van der Waals surface area contributed by atoms with Crippen LogP contribution >= 0.6 is 0 Å². The Morgan fingerprint density at radius 3 is 2.19 bits per heavy atom. The van der Waals surface area contributed by atoms with Crippen LogP contribution in [-0.4, -0.2) is 60.2 Å². The molecule has 0 N–H and O–H groups in total. The summed E-state index contributed by atoms with van der Waals surface area (Å²) in [6.45, 7) is 2.68. The molecule has 1 heterocycles. The van der Waals surface area contributed by atoms with Crippen molar-refractivity contribution >= 4 is 17.9 Å². The Labute approximate surface area is 146 Å². The Hall–Kier alpha value is -3.12. The largest absolute Gasteiger partial charge is 0.463 e. The van der Waals surface area contributed by atoms with E-state index in [1.54, 1.807) is 0 Å². The van der Waals surface area contributed by atoms with Crippen LogP contribution in [0, 0.1) is 10.1 Å². The molecule has 1 rings (SSSR count). The van der Waals surface area contributed by atoms with Crippen LogP contribution in [0.4, 0.5) is 0 Å². The van der Waals surface area contributed by atoms with E-state index in [-0.39, 0.29) is 0 Å². The van der Waals surface area contributed by atoms with E-state index in [9.17, 15) is 24.5 Å². The first kappa shape index (κ1) is 20.9. The lowest BCUT2D eigenvalue weighted by Crippen LogP contribution is -2.61. The number of rotatable bonds is 7. The minimum Gasteiger partial charge on any atom is -0.463 e. The summed E-state index contributed by atoms with van der Waals surface area (Å²) in [4.78, 5) is 51.3. The molecule has 1 fully saturated rings. The molecule has 1 saturated heterocycles. The molecular weight excluding hydrogens is 360 g/mol.